The molecular formula is C14H24N2O2. The first-order valence-electron chi connectivity index (χ1n) is 6.58. The Hall–Kier alpha value is -0.970. The molecule has 4 heteroatoms. The van der Waals surface area contributed by atoms with E-state index in [-0.39, 0.29) is 0 Å². The molecule has 1 aromatic rings. The lowest BCUT2D eigenvalue weighted by Crippen LogP contribution is -2.18. The van der Waals surface area contributed by atoms with Crippen LogP contribution in [0.25, 0.3) is 0 Å². The zero-order chi connectivity index (χ0) is 13.1. The van der Waals surface area contributed by atoms with Crippen molar-refractivity contribution in [3.05, 3.63) is 29.6 Å². The average Bonchev–Trinajstić information content (AvgIpc) is 2.42. The summed E-state index contributed by atoms with van der Waals surface area (Å²) in [4.78, 5) is 4.40. The van der Waals surface area contributed by atoms with Crippen LogP contribution in [0.5, 0.6) is 0 Å². The molecule has 0 bridgehead atoms. The van der Waals surface area contributed by atoms with E-state index in [1.807, 2.05) is 12.3 Å². The standard InChI is InChI=1S/C14H24N2O2/c1-3-13-6-4-8-16-14(13)12-15-7-5-9-18-11-10-17-2/h4,6,8,15H,3,5,7,9-12H2,1-2H3. The third-order valence-electron chi connectivity index (χ3n) is 2.73. The molecule has 0 spiro atoms. The topological polar surface area (TPSA) is 43.4 Å². The summed E-state index contributed by atoms with van der Waals surface area (Å²) in [7, 11) is 1.68. The van der Waals surface area contributed by atoms with Gasteiger partial charge in [0.1, 0.15) is 0 Å². The first kappa shape index (κ1) is 15.1. The predicted octanol–water partition coefficient (Wildman–Crippen LogP) is 1.79. The molecule has 1 aromatic heterocycles. The van der Waals surface area contributed by atoms with Crippen molar-refractivity contribution in [3.8, 4) is 0 Å². The summed E-state index contributed by atoms with van der Waals surface area (Å²) >= 11 is 0. The Morgan fingerprint density at radius 1 is 1.28 bits per heavy atom. The number of pyridine rings is 1. The maximum Gasteiger partial charge on any atom is 0.0700 e. The molecule has 0 aromatic carbocycles. The van der Waals surface area contributed by atoms with Gasteiger partial charge in [0, 0.05) is 26.5 Å². The number of hydrogen-bond donors (Lipinski definition) is 1. The molecule has 1 rings (SSSR count). The highest BCUT2D eigenvalue weighted by molar-refractivity contribution is 5.19. The zero-order valence-electron chi connectivity index (χ0n) is 11.4. The van der Waals surface area contributed by atoms with E-state index < -0.39 is 0 Å². The van der Waals surface area contributed by atoms with E-state index in [9.17, 15) is 0 Å². The van der Waals surface area contributed by atoms with Crippen LogP contribution in [0, 0.1) is 0 Å². The van der Waals surface area contributed by atoms with Crippen LogP contribution in [-0.2, 0) is 22.4 Å². The van der Waals surface area contributed by atoms with Crippen molar-refractivity contribution in [2.45, 2.75) is 26.3 Å². The van der Waals surface area contributed by atoms with Crippen molar-refractivity contribution in [2.75, 3.05) is 33.5 Å². The summed E-state index contributed by atoms with van der Waals surface area (Å²) in [5.74, 6) is 0. The first-order chi connectivity index (χ1) is 8.88. The lowest BCUT2D eigenvalue weighted by Gasteiger charge is -2.08. The Bertz CT molecular complexity index is 318. The van der Waals surface area contributed by atoms with Gasteiger partial charge in [-0.3, -0.25) is 4.98 Å². The van der Waals surface area contributed by atoms with Crippen molar-refractivity contribution < 1.29 is 9.47 Å². The van der Waals surface area contributed by atoms with Gasteiger partial charge in [-0.1, -0.05) is 13.0 Å². The van der Waals surface area contributed by atoms with Gasteiger partial charge in [-0.25, -0.2) is 0 Å². The van der Waals surface area contributed by atoms with Crippen LogP contribution in [0.4, 0.5) is 0 Å². The molecule has 0 aliphatic carbocycles. The number of methoxy groups -OCH3 is 1. The molecule has 0 saturated heterocycles. The van der Waals surface area contributed by atoms with Crippen LogP contribution in [0.3, 0.4) is 0 Å². The summed E-state index contributed by atoms with van der Waals surface area (Å²) in [6, 6.07) is 4.13. The smallest absolute Gasteiger partial charge is 0.0700 e. The van der Waals surface area contributed by atoms with Gasteiger partial charge in [-0.05, 0) is 31.0 Å². The highest BCUT2D eigenvalue weighted by Crippen LogP contribution is 2.05. The molecule has 1 heterocycles. The summed E-state index contributed by atoms with van der Waals surface area (Å²) in [5, 5.41) is 3.39. The fraction of sp³-hybridized carbons (Fsp3) is 0.643. The zero-order valence-corrected chi connectivity index (χ0v) is 11.4. The van der Waals surface area contributed by atoms with Gasteiger partial charge in [0.05, 0.1) is 18.9 Å². The summed E-state index contributed by atoms with van der Waals surface area (Å²) < 4.78 is 10.3. The minimum Gasteiger partial charge on any atom is -0.382 e. The lowest BCUT2D eigenvalue weighted by atomic mass is 10.1. The minimum absolute atomic E-state index is 0.668. The number of rotatable bonds is 10. The van der Waals surface area contributed by atoms with E-state index in [4.69, 9.17) is 9.47 Å². The fourth-order valence-corrected chi connectivity index (χ4v) is 1.70. The molecule has 0 amide bonds. The molecule has 0 radical (unpaired) electrons. The van der Waals surface area contributed by atoms with Crippen molar-refractivity contribution in [1.29, 1.82) is 0 Å². The number of aryl methyl sites for hydroxylation is 1. The van der Waals surface area contributed by atoms with E-state index in [1.165, 1.54) is 5.56 Å². The fourth-order valence-electron chi connectivity index (χ4n) is 1.70. The van der Waals surface area contributed by atoms with Crippen LogP contribution < -0.4 is 5.32 Å². The second-order valence-electron chi connectivity index (χ2n) is 4.10. The molecule has 1 N–H and O–H groups in total. The third kappa shape index (κ3) is 6.10. The quantitative estimate of drug-likeness (QED) is 0.645. The Labute approximate surface area is 110 Å². The largest absolute Gasteiger partial charge is 0.382 e. The molecule has 0 saturated carbocycles. The van der Waals surface area contributed by atoms with Crippen LogP contribution in [0.15, 0.2) is 18.3 Å². The van der Waals surface area contributed by atoms with Gasteiger partial charge in [-0.15, -0.1) is 0 Å². The molecule has 0 atom stereocenters. The van der Waals surface area contributed by atoms with Crippen LogP contribution in [0.1, 0.15) is 24.6 Å². The number of ether oxygens (including phenoxy) is 2. The van der Waals surface area contributed by atoms with Crippen LogP contribution in [-0.4, -0.2) is 38.5 Å². The summed E-state index contributed by atoms with van der Waals surface area (Å²) in [5.41, 5.74) is 2.47. The van der Waals surface area contributed by atoms with Gasteiger partial charge in [-0.2, -0.15) is 0 Å². The highest BCUT2D eigenvalue weighted by Gasteiger charge is 2.00. The first-order valence-corrected chi connectivity index (χ1v) is 6.58. The average molecular weight is 252 g/mol. The maximum atomic E-state index is 5.39. The summed E-state index contributed by atoms with van der Waals surface area (Å²) in [6.45, 7) is 6.07. The molecule has 0 aliphatic rings. The van der Waals surface area contributed by atoms with Gasteiger partial charge >= 0.3 is 0 Å². The van der Waals surface area contributed by atoms with Crippen molar-refractivity contribution in [2.24, 2.45) is 0 Å². The minimum atomic E-state index is 0.668. The number of aromatic nitrogens is 1. The predicted molar refractivity (Wildman–Crippen MR) is 72.6 cm³/mol. The van der Waals surface area contributed by atoms with Crippen molar-refractivity contribution in [3.63, 3.8) is 0 Å². The van der Waals surface area contributed by atoms with Crippen molar-refractivity contribution in [1.82, 2.24) is 10.3 Å². The van der Waals surface area contributed by atoms with E-state index in [1.54, 1.807) is 7.11 Å². The number of hydrogen-bond acceptors (Lipinski definition) is 4. The second kappa shape index (κ2) is 10.00. The Morgan fingerprint density at radius 3 is 2.94 bits per heavy atom. The van der Waals surface area contributed by atoms with Crippen LogP contribution >= 0.6 is 0 Å². The number of nitrogens with one attached hydrogen (secondary N) is 1. The van der Waals surface area contributed by atoms with Crippen molar-refractivity contribution >= 4 is 0 Å². The summed E-state index contributed by atoms with van der Waals surface area (Å²) in [6.07, 6.45) is 3.90. The van der Waals surface area contributed by atoms with Gasteiger partial charge in [0.15, 0.2) is 0 Å². The third-order valence-corrected chi connectivity index (χ3v) is 2.73. The second-order valence-corrected chi connectivity index (χ2v) is 4.10. The normalized spacial score (nSPS) is 10.8. The van der Waals surface area contributed by atoms with E-state index >= 15 is 0 Å². The van der Waals surface area contributed by atoms with Gasteiger partial charge in [0.2, 0.25) is 0 Å². The monoisotopic (exact) mass is 252 g/mol. The maximum absolute atomic E-state index is 5.39. The Balaban J connectivity index is 2.07. The van der Waals surface area contributed by atoms with Crippen LogP contribution in [0.2, 0.25) is 0 Å². The van der Waals surface area contributed by atoms with E-state index in [2.05, 4.69) is 23.3 Å². The molecule has 0 unspecified atom stereocenters. The highest BCUT2D eigenvalue weighted by atomic mass is 16.5. The van der Waals surface area contributed by atoms with Gasteiger partial charge < -0.3 is 14.8 Å². The van der Waals surface area contributed by atoms with E-state index in [0.717, 1.165) is 38.2 Å². The Kier molecular flexibility index (Phi) is 8.38. The molecule has 0 fully saturated rings. The molecule has 0 aliphatic heterocycles. The number of nitrogens with zero attached hydrogens (tertiary/aromatic N) is 1. The molecular weight excluding hydrogens is 228 g/mol. The van der Waals surface area contributed by atoms with E-state index in [0.29, 0.717) is 13.2 Å². The molecule has 4 nitrogen and oxygen atoms in total. The SMILES string of the molecule is CCc1cccnc1CNCCCOCCOC. The molecule has 18 heavy (non-hydrogen) atoms. The molecule has 102 valence electrons. The van der Waals surface area contributed by atoms with Gasteiger partial charge in [0.25, 0.3) is 0 Å². The Morgan fingerprint density at radius 2 is 2.17 bits per heavy atom. The lowest BCUT2D eigenvalue weighted by molar-refractivity contribution is 0.0694.